The summed E-state index contributed by atoms with van der Waals surface area (Å²) in [6, 6.07) is 9.14. The molecule has 0 radical (unpaired) electrons. The van der Waals surface area contributed by atoms with Crippen molar-refractivity contribution in [2.45, 2.75) is 50.2 Å². The van der Waals surface area contributed by atoms with Crippen LogP contribution in [0.2, 0.25) is 0 Å². The molecule has 0 bridgehead atoms. The average molecular weight is 514 g/mol. The Hall–Kier alpha value is -2.66. The third-order valence-electron chi connectivity index (χ3n) is 4.94. The van der Waals surface area contributed by atoms with Gasteiger partial charge < -0.3 is 9.47 Å². The fraction of sp³-hybridized carbons (Fsp3) is 0.435. The summed E-state index contributed by atoms with van der Waals surface area (Å²) in [7, 11) is -7.42. The number of hydrogen-bond acceptors (Lipinski definition) is 7. The predicted molar refractivity (Wildman–Crippen MR) is 126 cm³/mol. The zero-order valence-corrected chi connectivity index (χ0v) is 21.1. The van der Waals surface area contributed by atoms with Crippen molar-refractivity contribution < 1.29 is 35.5 Å². The molecule has 8 nitrogen and oxygen atoms in total. The lowest BCUT2D eigenvalue weighted by Crippen LogP contribution is -2.44. The molecule has 0 N–H and O–H groups in total. The molecule has 34 heavy (non-hydrogen) atoms. The van der Waals surface area contributed by atoms with Crippen molar-refractivity contribution in [3.63, 3.8) is 0 Å². The van der Waals surface area contributed by atoms with Crippen molar-refractivity contribution in [1.29, 1.82) is 0 Å². The van der Waals surface area contributed by atoms with E-state index in [9.17, 15) is 26.0 Å². The number of ether oxygens (including phenoxy) is 2. The number of sulfonamides is 1. The molecule has 0 unspecified atom stereocenters. The first kappa shape index (κ1) is 26.0. The Balaban J connectivity index is 1.98. The van der Waals surface area contributed by atoms with Crippen LogP contribution >= 0.6 is 0 Å². The average Bonchev–Trinajstić information content (AvgIpc) is 2.70. The lowest BCUT2D eigenvalue weighted by atomic mass is 10.1. The number of sulfone groups is 1. The zero-order valence-electron chi connectivity index (χ0n) is 19.4. The Morgan fingerprint density at radius 1 is 1.12 bits per heavy atom. The van der Waals surface area contributed by atoms with Gasteiger partial charge in [-0.15, -0.1) is 0 Å². The Morgan fingerprint density at radius 3 is 2.35 bits per heavy atom. The maximum Gasteiger partial charge on any atom is 0.310 e. The summed E-state index contributed by atoms with van der Waals surface area (Å²) in [4.78, 5) is 12.2. The molecule has 1 aliphatic rings. The van der Waals surface area contributed by atoms with Crippen LogP contribution in [0.15, 0.2) is 47.4 Å². The normalized spacial score (nSPS) is 16.5. The molecule has 1 heterocycles. The van der Waals surface area contributed by atoms with Crippen LogP contribution in [0.5, 0.6) is 5.75 Å². The first-order chi connectivity index (χ1) is 15.6. The van der Waals surface area contributed by atoms with Crippen LogP contribution in [0.3, 0.4) is 0 Å². The van der Waals surface area contributed by atoms with Crippen LogP contribution < -0.4 is 9.04 Å². The van der Waals surface area contributed by atoms with Gasteiger partial charge in [-0.25, -0.2) is 21.2 Å². The van der Waals surface area contributed by atoms with Crippen molar-refractivity contribution in [3.8, 4) is 5.75 Å². The third-order valence-corrected chi connectivity index (χ3v) is 7.71. The first-order valence-electron chi connectivity index (χ1n) is 10.6. The maximum atomic E-state index is 13.5. The largest absolute Gasteiger partial charge is 0.486 e. The molecule has 2 aromatic carbocycles. The fourth-order valence-corrected chi connectivity index (χ4v) is 5.66. The summed E-state index contributed by atoms with van der Waals surface area (Å²) in [6.45, 7) is 5.11. The second-order valence-electron chi connectivity index (χ2n) is 9.21. The summed E-state index contributed by atoms with van der Waals surface area (Å²) in [5.41, 5.74) is 0.0608. The van der Waals surface area contributed by atoms with Crippen molar-refractivity contribution in [2.24, 2.45) is 0 Å². The van der Waals surface area contributed by atoms with E-state index in [4.69, 9.17) is 9.47 Å². The Labute approximate surface area is 199 Å². The van der Waals surface area contributed by atoms with E-state index in [0.717, 1.165) is 34.8 Å². The molecular formula is C23H28FNO7S2. The highest BCUT2D eigenvalue weighted by atomic mass is 32.2. The predicted octanol–water partition coefficient (Wildman–Crippen LogP) is 3.10. The number of halogens is 1. The van der Waals surface area contributed by atoms with Gasteiger partial charge in [0.25, 0.3) is 10.0 Å². The lowest BCUT2D eigenvalue weighted by Gasteiger charge is -2.35. The van der Waals surface area contributed by atoms with Gasteiger partial charge in [-0.05, 0) is 69.2 Å². The molecule has 0 saturated heterocycles. The third kappa shape index (κ3) is 6.69. The highest BCUT2D eigenvalue weighted by Gasteiger charge is 2.35. The minimum Gasteiger partial charge on any atom is -0.486 e. The number of esters is 1. The van der Waals surface area contributed by atoms with Crippen LogP contribution in [-0.2, 0) is 35.8 Å². The van der Waals surface area contributed by atoms with Gasteiger partial charge in [0, 0.05) is 6.26 Å². The summed E-state index contributed by atoms with van der Waals surface area (Å²) in [5, 5.41) is 0. The monoisotopic (exact) mass is 513 g/mol. The highest BCUT2D eigenvalue weighted by Crippen LogP contribution is 2.38. The second kappa shape index (κ2) is 9.53. The van der Waals surface area contributed by atoms with E-state index in [1.54, 1.807) is 32.9 Å². The van der Waals surface area contributed by atoms with Crippen molar-refractivity contribution in [1.82, 2.24) is 0 Å². The molecule has 0 saturated carbocycles. The van der Waals surface area contributed by atoms with E-state index >= 15 is 0 Å². The smallest absolute Gasteiger partial charge is 0.310 e. The summed E-state index contributed by atoms with van der Waals surface area (Å²) in [5.74, 6) is -0.979. The molecule has 1 atom stereocenters. The van der Waals surface area contributed by atoms with E-state index in [2.05, 4.69) is 0 Å². The lowest BCUT2D eigenvalue weighted by molar-refractivity contribution is -0.153. The zero-order chi connectivity index (χ0) is 25.3. The van der Waals surface area contributed by atoms with Crippen molar-refractivity contribution in [2.75, 3.05) is 22.9 Å². The quantitative estimate of drug-likeness (QED) is 0.524. The summed E-state index contributed by atoms with van der Waals surface area (Å²) < 4.78 is 76.0. The molecule has 0 aromatic heterocycles. The number of fused-ring (bicyclic) bond motifs is 1. The van der Waals surface area contributed by atoms with E-state index in [1.807, 2.05) is 0 Å². The highest BCUT2D eigenvalue weighted by molar-refractivity contribution is 7.92. The SMILES string of the molecule is CC(C)(C)OC(=O)Cc1ccc2c(c1)N(S(=O)(=O)c1ccc(F)cc1)C[C@H](CCS(C)(=O)=O)O2. The maximum absolute atomic E-state index is 13.5. The standard InChI is InChI=1S/C23H28FNO7S2/c1-23(2,3)32-22(26)14-16-5-10-21-20(13-16)25(15-18(31-21)11-12-33(4,27)28)34(29,30)19-8-6-17(24)7-9-19/h5-10,13,18H,11-12,14-15H2,1-4H3/t18-/m0/s1. The molecule has 1 aliphatic heterocycles. The number of rotatable bonds is 7. The Kier molecular flexibility index (Phi) is 7.28. The molecular weight excluding hydrogens is 485 g/mol. The van der Waals surface area contributed by atoms with Gasteiger partial charge in [0.1, 0.15) is 33.1 Å². The van der Waals surface area contributed by atoms with Gasteiger partial charge in [0.15, 0.2) is 0 Å². The molecule has 3 rings (SSSR count). The van der Waals surface area contributed by atoms with Gasteiger partial charge in [0.2, 0.25) is 0 Å². The first-order valence-corrected chi connectivity index (χ1v) is 14.1. The van der Waals surface area contributed by atoms with Crippen molar-refractivity contribution in [3.05, 3.63) is 53.8 Å². The number of carbonyl (C=O) groups is 1. The number of anilines is 1. The fourth-order valence-electron chi connectivity index (χ4n) is 3.47. The van der Waals surface area contributed by atoms with Gasteiger partial charge in [-0.1, -0.05) is 6.07 Å². The van der Waals surface area contributed by atoms with Crippen LogP contribution in [-0.4, -0.2) is 53.1 Å². The molecule has 0 spiro atoms. The number of hydrogen-bond donors (Lipinski definition) is 0. The van der Waals surface area contributed by atoms with Gasteiger partial charge in [0.05, 0.1) is 29.3 Å². The topological polar surface area (TPSA) is 107 Å². The van der Waals surface area contributed by atoms with Crippen molar-refractivity contribution >= 4 is 31.5 Å². The number of carbonyl (C=O) groups excluding carboxylic acids is 1. The summed E-state index contributed by atoms with van der Waals surface area (Å²) in [6.07, 6.45) is 0.397. The van der Waals surface area contributed by atoms with Crippen LogP contribution in [0.25, 0.3) is 0 Å². The minimum absolute atomic E-state index is 0.0769. The molecule has 0 amide bonds. The number of benzene rings is 2. The van der Waals surface area contributed by atoms with Gasteiger partial charge in [-0.3, -0.25) is 9.10 Å². The molecule has 0 aliphatic carbocycles. The van der Waals surface area contributed by atoms with Crippen LogP contribution in [0.1, 0.15) is 32.8 Å². The van der Waals surface area contributed by atoms with Crippen LogP contribution in [0, 0.1) is 5.82 Å². The number of nitrogens with zero attached hydrogens (tertiary/aromatic N) is 1. The Morgan fingerprint density at radius 2 is 1.76 bits per heavy atom. The van der Waals surface area contributed by atoms with Gasteiger partial charge >= 0.3 is 5.97 Å². The molecule has 11 heteroatoms. The summed E-state index contributed by atoms with van der Waals surface area (Å²) >= 11 is 0. The molecule has 186 valence electrons. The second-order valence-corrected chi connectivity index (χ2v) is 13.3. The van der Waals surface area contributed by atoms with Crippen LogP contribution in [0.4, 0.5) is 10.1 Å². The Bertz CT molecular complexity index is 1270. The van der Waals surface area contributed by atoms with E-state index in [1.165, 1.54) is 6.07 Å². The minimum atomic E-state index is -4.13. The van der Waals surface area contributed by atoms with E-state index in [-0.39, 0.29) is 41.5 Å². The molecule has 2 aromatic rings. The van der Waals surface area contributed by atoms with Gasteiger partial charge in [-0.2, -0.15) is 0 Å². The molecule has 0 fully saturated rings. The van der Waals surface area contributed by atoms with E-state index in [0.29, 0.717) is 5.56 Å². The van der Waals surface area contributed by atoms with E-state index < -0.39 is 43.4 Å².